The smallest absolute Gasteiger partial charge is 0.243 e. The summed E-state index contributed by atoms with van der Waals surface area (Å²) in [5.74, 6) is 0.337. The van der Waals surface area contributed by atoms with Gasteiger partial charge in [0.1, 0.15) is 11.3 Å². The average molecular weight is 550 g/mol. The highest BCUT2D eigenvalue weighted by Crippen LogP contribution is 2.36. The number of thiazole rings is 1. The third kappa shape index (κ3) is 5.10. The summed E-state index contributed by atoms with van der Waals surface area (Å²) >= 11 is 7.37. The van der Waals surface area contributed by atoms with Gasteiger partial charge in [-0.05, 0) is 62.1 Å². The summed E-state index contributed by atoms with van der Waals surface area (Å²) in [5.41, 5.74) is 0.731. The Morgan fingerprint density at radius 2 is 1.94 bits per heavy atom. The molecule has 1 amide bonds. The van der Waals surface area contributed by atoms with Crippen molar-refractivity contribution in [2.45, 2.75) is 36.7 Å². The Kier molecular flexibility index (Phi) is 7.50. The highest BCUT2D eigenvalue weighted by Gasteiger charge is 2.36. The minimum Gasteiger partial charge on any atom is -0.494 e. The van der Waals surface area contributed by atoms with E-state index in [0.29, 0.717) is 41.9 Å². The second-order valence-electron chi connectivity index (χ2n) is 9.02. The summed E-state index contributed by atoms with van der Waals surface area (Å²) in [4.78, 5) is 20.5. The summed E-state index contributed by atoms with van der Waals surface area (Å²) in [7, 11) is -2.03. The van der Waals surface area contributed by atoms with Gasteiger partial charge < -0.3 is 9.47 Å². The van der Waals surface area contributed by atoms with Crippen LogP contribution in [0, 0.1) is 5.92 Å². The maximum atomic E-state index is 13.8. The summed E-state index contributed by atoms with van der Waals surface area (Å²) in [5, 5.41) is 1.10. The van der Waals surface area contributed by atoms with E-state index in [0.717, 1.165) is 23.1 Å². The van der Waals surface area contributed by atoms with Crippen molar-refractivity contribution in [2.24, 2.45) is 5.92 Å². The van der Waals surface area contributed by atoms with Crippen molar-refractivity contribution in [1.82, 2.24) is 9.29 Å². The van der Waals surface area contributed by atoms with Crippen molar-refractivity contribution in [3.63, 3.8) is 0 Å². The molecule has 0 bridgehead atoms. The largest absolute Gasteiger partial charge is 0.494 e. The van der Waals surface area contributed by atoms with Crippen LogP contribution < -0.4 is 9.64 Å². The molecule has 2 aliphatic rings. The van der Waals surface area contributed by atoms with Gasteiger partial charge in [0.15, 0.2) is 5.13 Å². The van der Waals surface area contributed by atoms with E-state index in [1.165, 1.54) is 27.8 Å². The van der Waals surface area contributed by atoms with Gasteiger partial charge in [0.25, 0.3) is 0 Å². The predicted octanol–water partition coefficient (Wildman–Crippen LogP) is 4.57. The molecule has 11 heteroatoms. The number of ether oxygens (including phenoxy) is 2. The van der Waals surface area contributed by atoms with Crippen LogP contribution in [0.1, 0.15) is 25.7 Å². The van der Waals surface area contributed by atoms with Crippen LogP contribution in [0.15, 0.2) is 47.4 Å². The second kappa shape index (κ2) is 10.6. The topological polar surface area (TPSA) is 89.0 Å². The molecule has 192 valence electrons. The number of halogens is 1. The zero-order valence-corrected chi connectivity index (χ0v) is 22.3. The molecule has 2 fully saturated rings. The number of hydrogen-bond donors (Lipinski definition) is 0. The van der Waals surface area contributed by atoms with E-state index in [2.05, 4.69) is 0 Å². The molecular formula is C25H28ClN3O5S2. The van der Waals surface area contributed by atoms with Crippen molar-refractivity contribution in [3.8, 4) is 5.75 Å². The molecule has 2 saturated heterocycles. The number of nitrogens with zero attached hydrogens (tertiary/aromatic N) is 3. The minimum absolute atomic E-state index is 0.0340. The Hall–Kier alpha value is -2.24. The number of hydrogen-bond acceptors (Lipinski definition) is 7. The molecule has 0 spiro atoms. The van der Waals surface area contributed by atoms with Crippen molar-refractivity contribution in [2.75, 3.05) is 38.3 Å². The molecular weight excluding hydrogens is 522 g/mol. The molecule has 1 atom stereocenters. The fourth-order valence-corrected chi connectivity index (χ4v) is 7.36. The third-order valence-corrected chi connectivity index (χ3v) is 9.96. The van der Waals surface area contributed by atoms with Crippen LogP contribution in [0.5, 0.6) is 5.75 Å². The van der Waals surface area contributed by atoms with Crippen LogP contribution in [0.3, 0.4) is 0 Å². The number of rotatable bonds is 7. The fraction of sp³-hybridized carbons (Fsp3) is 0.440. The first kappa shape index (κ1) is 25.4. The average Bonchev–Trinajstić information content (AvgIpc) is 3.57. The lowest BCUT2D eigenvalue weighted by atomic mass is 9.96. The van der Waals surface area contributed by atoms with E-state index in [9.17, 15) is 13.2 Å². The number of sulfonamides is 1. The van der Waals surface area contributed by atoms with Crippen LogP contribution in [0.2, 0.25) is 5.02 Å². The molecule has 5 rings (SSSR count). The molecule has 36 heavy (non-hydrogen) atoms. The van der Waals surface area contributed by atoms with Gasteiger partial charge in [-0.2, -0.15) is 4.31 Å². The van der Waals surface area contributed by atoms with E-state index in [4.69, 9.17) is 26.1 Å². The van der Waals surface area contributed by atoms with Crippen LogP contribution >= 0.6 is 22.9 Å². The second-order valence-corrected chi connectivity index (χ2v) is 12.4. The molecule has 2 aromatic carbocycles. The van der Waals surface area contributed by atoms with Gasteiger partial charge in [-0.3, -0.25) is 9.69 Å². The molecule has 1 unspecified atom stereocenters. The minimum atomic E-state index is -3.64. The zero-order valence-electron chi connectivity index (χ0n) is 19.9. The van der Waals surface area contributed by atoms with Gasteiger partial charge in [0.2, 0.25) is 15.9 Å². The number of carbonyl (C=O) groups is 1. The van der Waals surface area contributed by atoms with Gasteiger partial charge in [0.05, 0.1) is 29.4 Å². The first-order valence-corrected chi connectivity index (χ1v) is 14.6. The number of aromatic nitrogens is 1. The highest BCUT2D eigenvalue weighted by molar-refractivity contribution is 7.89. The normalized spacial score (nSPS) is 19.6. The number of carbonyl (C=O) groups excluding carboxylic acids is 1. The number of methoxy groups -OCH3 is 1. The number of fused-ring (bicyclic) bond motifs is 1. The van der Waals surface area contributed by atoms with E-state index >= 15 is 0 Å². The summed E-state index contributed by atoms with van der Waals surface area (Å²) in [6, 6.07) is 11.9. The van der Waals surface area contributed by atoms with Crippen molar-refractivity contribution in [3.05, 3.63) is 47.5 Å². The first-order valence-electron chi connectivity index (χ1n) is 12.0. The monoisotopic (exact) mass is 549 g/mol. The van der Waals surface area contributed by atoms with Crippen molar-refractivity contribution in [1.29, 1.82) is 0 Å². The standard InChI is InChI=1S/C25H28ClN3O5S2/c1-33-21-5-2-6-22-23(21)27-25(35-22)29(16-19-4-3-15-34-19)24(30)17-11-13-28(14-12-17)36(31,32)20-9-7-18(26)8-10-20/h2,5-10,17,19H,3-4,11-16H2,1H3. The maximum absolute atomic E-state index is 13.8. The maximum Gasteiger partial charge on any atom is 0.243 e. The van der Waals surface area contributed by atoms with Crippen molar-refractivity contribution < 1.29 is 22.7 Å². The summed E-state index contributed by atoms with van der Waals surface area (Å²) in [6.07, 6.45) is 2.73. The number of amides is 1. The lowest BCUT2D eigenvalue weighted by Gasteiger charge is -2.33. The first-order chi connectivity index (χ1) is 17.4. The Morgan fingerprint density at radius 1 is 1.19 bits per heavy atom. The number of benzene rings is 2. The lowest BCUT2D eigenvalue weighted by molar-refractivity contribution is -0.123. The molecule has 1 aromatic heterocycles. The van der Waals surface area contributed by atoms with E-state index in [1.54, 1.807) is 24.1 Å². The Labute approximate surface area is 219 Å². The predicted molar refractivity (Wildman–Crippen MR) is 140 cm³/mol. The molecule has 8 nitrogen and oxygen atoms in total. The number of para-hydroxylation sites is 1. The Bertz CT molecular complexity index is 1330. The Balaban J connectivity index is 1.35. The number of piperidine rings is 1. The van der Waals surface area contributed by atoms with E-state index < -0.39 is 10.0 Å². The zero-order chi connectivity index (χ0) is 25.3. The third-order valence-electron chi connectivity index (χ3n) is 6.75. The molecule has 3 aromatic rings. The van der Waals surface area contributed by atoms with Gasteiger partial charge in [0, 0.05) is 30.6 Å². The fourth-order valence-electron chi connectivity index (χ4n) is 4.77. The van der Waals surface area contributed by atoms with Gasteiger partial charge in [-0.25, -0.2) is 13.4 Å². The highest BCUT2D eigenvalue weighted by atomic mass is 35.5. The molecule has 0 N–H and O–H groups in total. The molecule has 2 aliphatic heterocycles. The van der Waals surface area contributed by atoms with E-state index in [1.807, 2.05) is 18.2 Å². The molecule has 3 heterocycles. The molecule has 0 saturated carbocycles. The quantitative estimate of drug-likeness (QED) is 0.429. The van der Waals surface area contributed by atoms with E-state index in [-0.39, 0.29) is 35.9 Å². The molecule has 0 radical (unpaired) electrons. The van der Waals surface area contributed by atoms with Gasteiger partial charge >= 0.3 is 0 Å². The van der Waals surface area contributed by atoms with Gasteiger partial charge in [-0.15, -0.1) is 0 Å². The van der Waals surface area contributed by atoms with Crippen LogP contribution in [0.25, 0.3) is 10.2 Å². The van der Waals surface area contributed by atoms with Crippen LogP contribution in [-0.2, 0) is 19.6 Å². The van der Waals surface area contributed by atoms with Crippen LogP contribution in [-0.4, -0.2) is 63.1 Å². The summed E-state index contributed by atoms with van der Waals surface area (Å²) < 4.78 is 39.8. The molecule has 0 aliphatic carbocycles. The Morgan fingerprint density at radius 3 is 2.61 bits per heavy atom. The lowest BCUT2D eigenvalue weighted by Crippen LogP contribution is -2.46. The number of anilines is 1. The van der Waals surface area contributed by atoms with Crippen LogP contribution in [0.4, 0.5) is 5.13 Å². The SMILES string of the molecule is COc1cccc2sc(N(CC3CCCO3)C(=O)C3CCN(S(=O)(=O)c4ccc(Cl)cc4)CC3)nc12. The van der Waals surface area contributed by atoms with Gasteiger partial charge in [-0.1, -0.05) is 29.0 Å². The summed E-state index contributed by atoms with van der Waals surface area (Å²) in [6.45, 7) is 1.69. The van der Waals surface area contributed by atoms with Crippen molar-refractivity contribution >= 4 is 54.2 Å².